The number of benzene rings is 2. The summed E-state index contributed by atoms with van der Waals surface area (Å²) in [6, 6.07) is 16.0. The van der Waals surface area contributed by atoms with Crippen molar-refractivity contribution >= 4 is 27.9 Å². The molecular weight excluding hydrogens is 452 g/mol. The second-order valence-corrected chi connectivity index (χ2v) is 10.1. The van der Waals surface area contributed by atoms with Crippen molar-refractivity contribution in [3.63, 3.8) is 0 Å². The number of carbonyl (C=O) groups is 2. The van der Waals surface area contributed by atoms with Gasteiger partial charge in [-0.15, -0.1) is 0 Å². The summed E-state index contributed by atoms with van der Waals surface area (Å²) in [6.07, 6.45) is 5.41. The first-order valence-electron chi connectivity index (χ1n) is 10.9. The number of aryl methyl sites for hydroxylation is 1. The minimum Gasteiger partial charge on any atom is -0.480 e. The fraction of sp³-hybridized carbons (Fsp3) is 0.231. The molecule has 3 aromatic rings. The molecule has 0 saturated heterocycles. The van der Waals surface area contributed by atoms with Crippen molar-refractivity contribution < 1.29 is 23.1 Å². The van der Waals surface area contributed by atoms with E-state index in [1.165, 1.54) is 12.1 Å². The lowest BCUT2D eigenvalue weighted by Crippen LogP contribution is -2.44. The highest BCUT2D eigenvalue weighted by atomic mass is 32.2. The number of hydrogen-bond acceptors (Lipinski definition) is 4. The Hall–Kier alpha value is -3.49. The molecule has 2 N–H and O–H groups in total. The van der Waals surface area contributed by atoms with Crippen LogP contribution in [0, 0.1) is 12.8 Å². The van der Waals surface area contributed by atoms with Crippen LogP contribution in [0.4, 0.5) is 0 Å². The summed E-state index contributed by atoms with van der Waals surface area (Å²) in [6.45, 7) is 5.66. The van der Waals surface area contributed by atoms with Crippen LogP contribution in [-0.2, 0) is 21.4 Å². The van der Waals surface area contributed by atoms with Crippen LogP contribution in [-0.4, -0.2) is 35.9 Å². The van der Waals surface area contributed by atoms with E-state index in [0.717, 1.165) is 5.56 Å². The summed E-state index contributed by atoms with van der Waals surface area (Å²) in [5.41, 5.74) is 2.89. The molecule has 0 bridgehead atoms. The molecule has 8 heteroatoms. The maximum Gasteiger partial charge on any atom is 0.322 e. The Labute approximate surface area is 199 Å². The minimum absolute atomic E-state index is 0.0160. The van der Waals surface area contributed by atoms with E-state index in [1.54, 1.807) is 50.3 Å². The number of carbonyl (C=O) groups excluding carboxylic acids is 1. The molecule has 0 unspecified atom stereocenters. The lowest BCUT2D eigenvalue weighted by atomic mass is 10.1. The smallest absolute Gasteiger partial charge is 0.322 e. The molecule has 0 saturated carbocycles. The lowest BCUT2D eigenvalue weighted by Gasteiger charge is -2.18. The van der Waals surface area contributed by atoms with Crippen molar-refractivity contribution in [2.75, 3.05) is 0 Å². The molecular formula is C26H28N2O5S. The fourth-order valence-corrected chi connectivity index (χ4v) is 4.82. The van der Waals surface area contributed by atoms with Gasteiger partial charge in [0.15, 0.2) is 0 Å². The molecule has 0 spiro atoms. The van der Waals surface area contributed by atoms with Gasteiger partial charge in [-0.25, -0.2) is 8.42 Å². The molecule has 1 aromatic heterocycles. The van der Waals surface area contributed by atoms with E-state index in [2.05, 4.69) is 4.72 Å². The average Bonchev–Trinajstić information content (AvgIpc) is 3.26. The maximum absolute atomic E-state index is 12.9. The highest BCUT2D eigenvalue weighted by molar-refractivity contribution is 7.89. The van der Waals surface area contributed by atoms with E-state index < -0.39 is 28.0 Å². The number of carboxylic acids is 1. The van der Waals surface area contributed by atoms with E-state index in [4.69, 9.17) is 0 Å². The second kappa shape index (κ2) is 10.6. The van der Waals surface area contributed by atoms with Gasteiger partial charge in [0.1, 0.15) is 6.04 Å². The number of ketones is 1. The number of sulfonamides is 1. The summed E-state index contributed by atoms with van der Waals surface area (Å²) in [4.78, 5) is 24.2. The lowest BCUT2D eigenvalue weighted by molar-refractivity contribution is -0.140. The van der Waals surface area contributed by atoms with Crippen LogP contribution < -0.4 is 4.72 Å². The van der Waals surface area contributed by atoms with Gasteiger partial charge in [-0.05, 0) is 42.7 Å². The number of hydrogen-bond donors (Lipinski definition) is 2. The number of allylic oxidation sites excluding steroid dienone is 1. The number of rotatable bonds is 10. The van der Waals surface area contributed by atoms with Crippen molar-refractivity contribution in [3.8, 4) is 0 Å². The molecule has 0 aliphatic heterocycles. The van der Waals surface area contributed by atoms with E-state index >= 15 is 0 Å². The first-order valence-corrected chi connectivity index (χ1v) is 12.3. The first-order chi connectivity index (χ1) is 16.1. The summed E-state index contributed by atoms with van der Waals surface area (Å²) in [5.74, 6) is -1.71. The number of carboxylic acid groups (broad SMARTS) is 1. The summed E-state index contributed by atoms with van der Waals surface area (Å²) >= 11 is 0. The SMILES string of the molecule is Cc1ccc(C(=O)c2cccn2C/C=C/c2cccc(S(=O)(=O)N[C@H](C(=O)O)C(C)C)c2)cc1. The Morgan fingerprint density at radius 1 is 1.06 bits per heavy atom. The Kier molecular flexibility index (Phi) is 7.86. The fourth-order valence-electron chi connectivity index (χ4n) is 3.43. The maximum atomic E-state index is 12.9. The number of nitrogens with zero attached hydrogens (tertiary/aromatic N) is 1. The molecule has 0 amide bonds. The van der Waals surface area contributed by atoms with Gasteiger partial charge in [-0.1, -0.05) is 68.0 Å². The van der Waals surface area contributed by atoms with Crippen molar-refractivity contribution in [1.82, 2.24) is 9.29 Å². The first kappa shape index (κ1) is 25.1. The topological polar surface area (TPSA) is 105 Å². The van der Waals surface area contributed by atoms with Crippen LogP contribution in [0.25, 0.3) is 6.08 Å². The van der Waals surface area contributed by atoms with E-state index in [-0.39, 0.29) is 10.7 Å². The normalized spacial score (nSPS) is 12.8. The molecule has 0 fully saturated rings. The van der Waals surface area contributed by atoms with Gasteiger partial charge in [0, 0.05) is 18.3 Å². The van der Waals surface area contributed by atoms with Gasteiger partial charge in [-0.3, -0.25) is 9.59 Å². The summed E-state index contributed by atoms with van der Waals surface area (Å²) in [5, 5.41) is 9.30. The number of aliphatic carboxylic acids is 1. The highest BCUT2D eigenvalue weighted by Crippen LogP contribution is 2.16. The highest BCUT2D eigenvalue weighted by Gasteiger charge is 2.28. The van der Waals surface area contributed by atoms with Gasteiger partial charge in [-0.2, -0.15) is 4.72 Å². The Bertz CT molecular complexity index is 1300. The van der Waals surface area contributed by atoms with E-state index in [1.807, 2.05) is 42.0 Å². The van der Waals surface area contributed by atoms with Crippen molar-refractivity contribution in [1.29, 1.82) is 0 Å². The number of aromatic nitrogens is 1. The number of nitrogens with one attached hydrogen (secondary N) is 1. The molecule has 7 nitrogen and oxygen atoms in total. The molecule has 0 radical (unpaired) electrons. The Balaban J connectivity index is 1.74. The quantitative estimate of drug-likeness (QED) is 0.425. The Morgan fingerprint density at radius 3 is 2.41 bits per heavy atom. The van der Waals surface area contributed by atoms with Gasteiger partial charge in [0.25, 0.3) is 0 Å². The molecule has 178 valence electrons. The molecule has 34 heavy (non-hydrogen) atoms. The molecule has 0 aliphatic carbocycles. The predicted octanol–water partition coefficient (Wildman–Crippen LogP) is 4.13. The van der Waals surface area contributed by atoms with Crippen LogP contribution in [0.2, 0.25) is 0 Å². The molecule has 0 aliphatic rings. The zero-order valence-electron chi connectivity index (χ0n) is 19.3. The summed E-state index contributed by atoms with van der Waals surface area (Å²) < 4.78 is 29.5. The zero-order chi connectivity index (χ0) is 24.9. The molecule has 1 heterocycles. The third kappa shape index (κ3) is 6.09. The van der Waals surface area contributed by atoms with Crippen molar-refractivity contribution in [3.05, 3.63) is 95.3 Å². The van der Waals surface area contributed by atoms with Crippen molar-refractivity contribution in [2.45, 2.75) is 38.3 Å². The molecule has 2 aromatic carbocycles. The zero-order valence-corrected chi connectivity index (χ0v) is 20.1. The van der Waals surface area contributed by atoms with Crippen LogP contribution >= 0.6 is 0 Å². The average molecular weight is 481 g/mol. The van der Waals surface area contributed by atoms with Gasteiger partial charge < -0.3 is 9.67 Å². The second-order valence-electron chi connectivity index (χ2n) is 8.40. The molecule has 1 atom stereocenters. The van der Waals surface area contributed by atoms with Gasteiger partial charge >= 0.3 is 5.97 Å². The third-order valence-corrected chi connectivity index (χ3v) is 6.81. The third-order valence-electron chi connectivity index (χ3n) is 5.37. The monoisotopic (exact) mass is 480 g/mol. The van der Waals surface area contributed by atoms with Gasteiger partial charge in [0.05, 0.1) is 10.6 Å². The van der Waals surface area contributed by atoms with Gasteiger partial charge in [0.2, 0.25) is 15.8 Å². The molecule has 3 rings (SSSR count). The minimum atomic E-state index is -4.01. The van der Waals surface area contributed by atoms with E-state index in [9.17, 15) is 23.1 Å². The van der Waals surface area contributed by atoms with E-state index in [0.29, 0.717) is 23.4 Å². The Morgan fingerprint density at radius 2 is 1.76 bits per heavy atom. The largest absolute Gasteiger partial charge is 0.480 e. The van der Waals surface area contributed by atoms with Crippen LogP contribution in [0.15, 0.2) is 77.8 Å². The summed E-state index contributed by atoms with van der Waals surface area (Å²) in [7, 11) is -4.01. The van der Waals surface area contributed by atoms with Crippen LogP contribution in [0.5, 0.6) is 0 Å². The van der Waals surface area contributed by atoms with Crippen LogP contribution in [0.3, 0.4) is 0 Å². The predicted molar refractivity (Wildman–Crippen MR) is 131 cm³/mol. The van der Waals surface area contributed by atoms with Crippen molar-refractivity contribution in [2.24, 2.45) is 5.92 Å². The van der Waals surface area contributed by atoms with Crippen LogP contribution in [0.1, 0.15) is 41.0 Å². The standard InChI is InChI=1S/C26H28N2O5S/c1-18(2)24(26(30)31)27-34(32,33)22-9-4-7-20(17-22)8-5-15-28-16-6-10-23(28)25(29)21-13-11-19(3)12-14-21/h4-14,16-18,24,27H,15H2,1-3H3,(H,30,31)/b8-5+/t24-/m0/s1.